The van der Waals surface area contributed by atoms with E-state index in [-0.39, 0.29) is 0 Å². The highest BCUT2D eigenvalue weighted by atomic mass is 79.9. The summed E-state index contributed by atoms with van der Waals surface area (Å²) in [5.74, 6) is 1.16. The second-order valence-corrected chi connectivity index (χ2v) is 7.73. The van der Waals surface area contributed by atoms with E-state index in [1.54, 1.807) is 11.3 Å². The lowest BCUT2D eigenvalue weighted by Crippen LogP contribution is -2.01. The van der Waals surface area contributed by atoms with Gasteiger partial charge < -0.3 is 5.73 Å². The first kappa shape index (κ1) is 14.7. The molecule has 3 nitrogen and oxygen atoms in total. The molecular weight excluding hydrogens is 414 g/mol. The summed E-state index contributed by atoms with van der Waals surface area (Å²) in [6.07, 6.45) is 0. The van der Waals surface area contributed by atoms with Gasteiger partial charge in [0.15, 0.2) is 5.82 Å². The fourth-order valence-electron chi connectivity index (χ4n) is 1.98. The van der Waals surface area contributed by atoms with E-state index in [1.807, 2.05) is 43.3 Å². The number of halogens is 2. The van der Waals surface area contributed by atoms with Gasteiger partial charge in [-0.3, -0.25) is 0 Å². The maximum absolute atomic E-state index is 6.07. The first-order chi connectivity index (χ1) is 10.1. The Balaban J connectivity index is 2.18. The van der Waals surface area contributed by atoms with Gasteiger partial charge in [-0.2, -0.15) is 0 Å². The van der Waals surface area contributed by atoms with Crippen molar-refractivity contribution in [1.29, 1.82) is 0 Å². The molecule has 1 aromatic carbocycles. The van der Waals surface area contributed by atoms with Crippen molar-refractivity contribution in [3.8, 4) is 22.0 Å². The van der Waals surface area contributed by atoms with Crippen LogP contribution in [0.15, 0.2) is 44.7 Å². The Morgan fingerprint density at radius 3 is 2.43 bits per heavy atom. The molecule has 0 aliphatic carbocycles. The van der Waals surface area contributed by atoms with Crippen molar-refractivity contribution in [2.45, 2.75) is 6.92 Å². The fraction of sp³-hybridized carbons (Fsp3) is 0.0667. The second kappa shape index (κ2) is 5.87. The summed E-state index contributed by atoms with van der Waals surface area (Å²) in [6.45, 7) is 1.95. The standard InChI is InChI=1S/C15H11Br2N3S/c1-8-12(9-5-3-2-4-6-9)19-15(20-14(8)18)11-7-10(16)13(17)21-11/h2-7H,1H3,(H2,18,19,20). The molecule has 0 aliphatic heterocycles. The summed E-state index contributed by atoms with van der Waals surface area (Å²) in [5.41, 5.74) is 8.89. The van der Waals surface area contributed by atoms with Crippen molar-refractivity contribution >= 4 is 49.0 Å². The van der Waals surface area contributed by atoms with Gasteiger partial charge in [0.25, 0.3) is 0 Å². The van der Waals surface area contributed by atoms with Crippen LogP contribution >= 0.6 is 43.2 Å². The van der Waals surface area contributed by atoms with Crippen LogP contribution in [0.2, 0.25) is 0 Å². The number of rotatable bonds is 2. The second-order valence-electron chi connectivity index (χ2n) is 4.50. The SMILES string of the molecule is Cc1c(N)nc(-c2cc(Br)c(Br)s2)nc1-c1ccccc1. The van der Waals surface area contributed by atoms with E-state index in [4.69, 9.17) is 10.7 Å². The molecule has 106 valence electrons. The average molecular weight is 425 g/mol. The summed E-state index contributed by atoms with van der Waals surface area (Å²) in [5, 5.41) is 0. The van der Waals surface area contributed by atoms with E-state index in [1.165, 1.54) is 0 Å². The average Bonchev–Trinajstić information content (AvgIpc) is 2.82. The highest BCUT2D eigenvalue weighted by Crippen LogP contribution is 2.38. The number of nitrogen functional groups attached to an aromatic ring is 1. The van der Waals surface area contributed by atoms with Crippen molar-refractivity contribution in [2.75, 3.05) is 5.73 Å². The number of nitrogens with two attached hydrogens (primary N) is 1. The third-order valence-electron chi connectivity index (χ3n) is 3.10. The summed E-state index contributed by atoms with van der Waals surface area (Å²) in [4.78, 5) is 10.1. The molecule has 2 aromatic heterocycles. The van der Waals surface area contributed by atoms with Crippen LogP contribution in [0.3, 0.4) is 0 Å². The lowest BCUT2D eigenvalue weighted by molar-refractivity contribution is 1.16. The molecule has 0 atom stereocenters. The van der Waals surface area contributed by atoms with Gasteiger partial charge in [-0.1, -0.05) is 30.3 Å². The van der Waals surface area contributed by atoms with Gasteiger partial charge in [0.05, 0.1) is 14.4 Å². The Hall–Kier alpha value is -1.24. The molecule has 0 radical (unpaired) electrons. The van der Waals surface area contributed by atoms with Crippen LogP contribution < -0.4 is 5.73 Å². The van der Waals surface area contributed by atoms with Crippen LogP contribution in [-0.2, 0) is 0 Å². The summed E-state index contributed by atoms with van der Waals surface area (Å²) in [7, 11) is 0. The molecule has 0 saturated heterocycles. The third-order valence-corrected chi connectivity index (χ3v) is 6.35. The molecule has 0 amide bonds. The van der Waals surface area contributed by atoms with Crippen molar-refractivity contribution < 1.29 is 0 Å². The molecule has 0 saturated carbocycles. The monoisotopic (exact) mass is 423 g/mol. The smallest absolute Gasteiger partial charge is 0.172 e. The molecule has 0 aliphatic rings. The molecule has 0 unspecified atom stereocenters. The Bertz CT molecular complexity index is 781. The number of hydrogen-bond acceptors (Lipinski definition) is 4. The first-order valence-electron chi connectivity index (χ1n) is 6.21. The zero-order chi connectivity index (χ0) is 15.0. The minimum absolute atomic E-state index is 0.513. The predicted octanol–water partition coefficient (Wildman–Crippen LogP) is 5.29. The fourth-order valence-corrected chi connectivity index (χ4v) is 3.95. The van der Waals surface area contributed by atoms with E-state index in [0.717, 1.165) is 30.0 Å². The van der Waals surface area contributed by atoms with Crippen LogP contribution in [0.5, 0.6) is 0 Å². The van der Waals surface area contributed by atoms with Crippen molar-refractivity contribution in [1.82, 2.24) is 9.97 Å². The molecule has 2 N–H and O–H groups in total. The van der Waals surface area contributed by atoms with Gasteiger partial charge in [0.1, 0.15) is 5.82 Å². The van der Waals surface area contributed by atoms with E-state index in [2.05, 4.69) is 36.8 Å². The quantitative estimate of drug-likeness (QED) is 0.608. The number of benzene rings is 1. The Labute approximate surface area is 143 Å². The molecule has 0 spiro atoms. The Morgan fingerprint density at radius 1 is 1.10 bits per heavy atom. The van der Waals surface area contributed by atoms with Gasteiger partial charge in [-0.05, 0) is 44.8 Å². The molecule has 3 rings (SSSR count). The lowest BCUT2D eigenvalue weighted by Gasteiger charge is -2.09. The van der Waals surface area contributed by atoms with Crippen molar-refractivity contribution in [2.24, 2.45) is 0 Å². The van der Waals surface area contributed by atoms with Gasteiger partial charge in [0.2, 0.25) is 0 Å². The zero-order valence-electron chi connectivity index (χ0n) is 11.1. The summed E-state index contributed by atoms with van der Waals surface area (Å²) < 4.78 is 2.01. The number of anilines is 1. The topological polar surface area (TPSA) is 51.8 Å². The molecule has 0 fully saturated rings. The molecule has 0 bridgehead atoms. The normalized spacial score (nSPS) is 10.8. The number of hydrogen-bond donors (Lipinski definition) is 1. The zero-order valence-corrected chi connectivity index (χ0v) is 15.1. The lowest BCUT2D eigenvalue weighted by atomic mass is 10.1. The maximum Gasteiger partial charge on any atom is 0.172 e. The first-order valence-corrected chi connectivity index (χ1v) is 8.61. The van der Waals surface area contributed by atoms with Crippen molar-refractivity contribution in [3.63, 3.8) is 0 Å². The van der Waals surface area contributed by atoms with Gasteiger partial charge in [-0.25, -0.2) is 9.97 Å². The van der Waals surface area contributed by atoms with Crippen LogP contribution in [-0.4, -0.2) is 9.97 Å². The maximum atomic E-state index is 6.07. The molecular formula is C15H11Br2N3S. The van der Waals surface area contributed by atoms with Crippen LogP contribution in [0.1, 0.15) is 5.56 Å². The Kier molecular flexibility index (Phi) is 4.10. The van der Waals surface area contributed by atoms with Gasteiger partial charge in [-0.15, -0.1) is 11.3 Å². The van der Waals surface area contributed by atoms with Crippen LogP contribution in [0.4, 0.5) is 5.82 Å². The number of thiophene rings is 1. The third kappa shape index (κ3) is 2.88. The Morgan fingerprint density at radius 2 is 1.81 bits per heavy atom. The molecule has 6 heteroatoms. The summed E-state index contributed by atoms with van der Waals surface area (Å²) in [6, 6.07) is 12.0. The highest BCUT2D eigenvalue weighted by Gasteiger charge is 2.14. The number of aromatic nitrogens is 2. The van der Waals surface area contributed by atoms with Crippen LogP contribution in [0, 0.1) is 6.92 Å². The minimum atomic E-state index is 0.513. The van der Waals surface area contributed by atoms with Gasteiger partial charge in [0, 0.05) is 15.6 Å². The van der Waals surface area contributed by atoms with Crippen LogP contribution in [0.25, 0.3) is 22.0 Å². The number of nitrogens with zero attached hydrogens (tertiary/aromatic N) is 2. The predicted molar refractivity (Wildman–Crippen MR) is 95.3 cm³/mol. The minimum Gasteiger partial charge on any atom is -0.383 e. The van der Waals surface area contributed by atoms with E-state index in [9.17, 15) is 0 Å². The molecule has 2 heterocycles. The van der Waals surface area contributed by atoms with Gasteiger partial charge >= 0.3 is 0 Å². The largest absolute Gasteiger partial charge is 0.383 e. The van der Waals surface area contributed by atoms with Crippen molar-refractivity contribution in [3.05, 3.63) is 50.2 Å². The highest BCUT2D eigenvalue weighted by molar-refractivity contribution is 9.13. The van der Waals surface area contributed by atoms with E-state index in [0.29, 0.717) is 11.6 Å². The molecule has 3 aromatic rings. The molecule has 21 heavy (non-hydrogen) atoms. The summed E-state index contributed by atoms with van der Waals surface area (Å²) >= 11 is 8.56. The van der Waals surface area contributed by atoms with E-state index < -0.39 is 0 Å². The van der Waals surface area contributed by atoms with E-state index >= 15 is 0 Å².